The Morgan fingerprint density at radius 1 is 1.15 bits per heavy atom. The quantitative estimate of drug-likeness (QED) is 0.558. The van der Waals surface area contributed by atoms with Crippen LogP contribution >= 0.6 is 11.3 Å². The van der Waals surface area contributed by atoms with Crippen molar-refractivity contribution in [3.05, 3.63) is 65.3 Å². The molecule has 26 heavy (non-hydrogen) atoms. The highest BCUT2D eigenvalue weighted by molar-refractivity contribution is 7.09. The molecule has 0 radical (unpaired) electrons. The van der Waals surface area contributed by atoms with Crippen LogP contribution in [0.2, 0.25) is 0 Å². The second-order valence-corrected chi connectivity index (χ2v) is 7.56. The van der Waals surface area contributed by atoms with Gasteiger partial charge in [-0.3, -0.25) is 9.88 Å². The van der Waals surface area contributed by atoms with E-state index in [1.165, 1.54) is 5.01 Å². The van der Waals surface area contributed by atoms with E-state index in [9.17, 15) is 0 Å². The summed E-state index contributed by atoms with van der Waals surface area (Å²) in [5.41, 5.74) is 3.08. The lowest BCUT2D eigenvalue weighted by Crippen LogP contribution is -2.19. The Hall–Kier alpha value is -2.64. The maximum Gasteiger partial charge on any atom is 0.156 e. The van der Waals surface area contributed by atoms with Gasteiger partial charge in [0.1, 0.15) is 5.01 Å². The summed E-state index contributed by atoms with van der Waals surface area (Å²) in [6.45, 7) is 2.99. The molecule has 1 saturated heterocycles. The number of rotatable bonds is 4. The molecule has 130 valence electrons. The molecule has 1 atom stereocenters. The molecular formula is C19H18N6S. The number of fused-ring (bicyclic) bond motifs is 1. The van der Waals surface area contributed by atoms with Gasteiger partial charge < -0.3 is 0 Å². The van der Waals surface area contributed by atoms with Gasteiger partial charge >= 0.3 is 0 Å². The van der Waals surface area contributed by atoms with Crippen molar-refractivity contribution in [3.8, 4) is 11.1 Å². The highest BCUT2D eigenvalue weighted by atomic mass is 32.1. The van der Waals surface area contributed by atoms with Crippen molar-refractivity contribution >= 4 is 17.0 Å². The molecular weight excluding hydrogens is 344 g/mol. The minimum atomic E-state index is 0.386. The van der Waals surface area contributed by atoms with Crippen molar-refractivity contribution in [3.63, 3.8) is 0 Å². The van der Waals surface area contributed by atoms with Crippen molar-refractivity contribution < 1.29 is 0 Å². The van der Waals surface area contributed by atoms with Crippen LogP contribution in [0.5, 0.6) is 0 Å². The van der Waals surface area contributed by atoms with Crippen LogP contribution in [0, 0.1) is 0 Å². The van der Waals surface area contributed by atoms with E-state index >= 15 is 0 Å². The fourth-order valence-electron chi connectivity index (χ4n) is 3.49. The number of thiazole rings is 1. The molecule has 0 aliphatic carbocycles. The van der Waals surface area contributed by atoms with Crippen LogP contribution in [0.1, 0.15) is 23.2 Å². The zero-order valence-corrected chi connectivity index (χ0v) is 15.0. The molecule has 1 aliphatic heterocycles. The minimum Gasteiger partial charge on any atom is -0.296 e. The van der Waals surface area contributed by atoms with Gasteiger partial charge in [0.15, 0.2) is 11.5 Å². The smallest absolute Gasteiger partial charge is 0.156 e. The molecule has 5 rings (SSSR count). The molecule has 0 unspecified atom stereocenters. The lowest BCUT2D eigenvalue weighted by Gasteiger charge is -2.12. The first-order valence-electron chi connectivity index (χ1n) is 8.72. The van der Waals surface area contributed by atoms with Gasteiger partial charge in [0.25, 0.3) is 0 Å². The standard InChI is InChI=1S/C19H18N6S/c1-2-14(10-20-6-1)15-3-4-17-22-19(23-25(17)12-15)16-5-8-24(11-16)13-18-21-7-9-26-18/h1-4,6-7,9-10,12,16H,5,8,11,13H2/t16-/m1/s1. The van der Waals surface area contributed by atoms with Gasteiger partial charge in [-0.05, 0) is 31.2 Å². The van der Waals surface area contributed by atoms with Gasteiger partial charge in [-0.15, -0.1) is 11.3 Å². The van der Waals surface area contributed by atoms with E-state index in [1.807, 2.05) is 40.6 Å². The fourth-order valence-corrected chi connectivity index (χ4v) is 4.14. The third-order valence-corrected chi connectivity index (χ3v) is 5.59. The van der Waals surface area contributed by atoms with Gasteiger partial charge in [0.05, 0.1) is 6.54 Å². The highest BCUT2D eigenvalue weighted by Crippen LogP contribution is 2.27. The summed E-state index contributed by atoms with van der Waals surface area (Å²) in [5, 5.41) is 7.97. The zero-order chi connectivity index (χ0) is 17.3. The number of hydrogen-bond acceptors (Lipinski definition) is 6. The number of pyridine rings is 2. The van der Waals surface area contributed by atoms with Crippen LogP contribution in [0.15, 0.2) is 54.4 Å². The number of aromatic nitrogens is 5. The van der Waals surface area contributed by atoms with Gasteiger partial charge in [0.2, 0.25) is 0 Å². The maximum atomic E-state index is 4.76. The van der Waals surface area contributed by atoms with Crippen LogP contribution < -0.4 is 0 Å². The third-order valence-electron chi connectivity index (χ3n) is 4.82. The van der Waals surface area contributed by atoms with Crippen molar-refractivity contribution in [1.29, 1.82) is 0 Å². The monoisotopic (exact) mass is 362 g/mol. The fraction of sp³-hybridized carbons (Fsp3) is 0.263. The second kappa shape index (κ2) is 6.59. The molecule has 0 spiro atoms. The topological polar surface area (TPSA) is 59.2 Å². The van der Waals surface area contributed by atoms with Crippen LogP contribution in [-0.4, -0.2) is 42.6 Å². The normalized spacial score (nSPS) is 17.9. The molecule has 0 N–H and O–H groups in total. The van der Waals surface area contributed by atoms with E-state index in [-0.39, 0.29) is 0 Å². The maximum absolute atomic E-state index is 4.76. The Morgan fingerprint density at radius 2 is 2.15 bits per heavy atom. The average Bonchev–Trinajstić information content (AvgIpc) is 3.42. The Morgan fingerprint density at radius 3 is 3.00 bits per heavy atom. The Labute approximate surface area is 155 Å². The van der Waals surface area contributed by atoms with Crippen molar-refractivity contribution in [2.24, 2.45) is 0 Å². The summed E-state index contributed by atoms with van der Waals surface area (Å²) < 4.78 is 1.89. The molecule has 1 aliphatic rings. The van der Waals surface area contributed by atoms with Crippen LogP contribution in [0.3, 0.4) is 0 Å². The summed E-state index contributed by atoms with van der Waals surface area (Å²) in [6, 6.07) is 8.11. The molecule has 6 nitrogen and oxygen atoms in total. The first-order valence-corrected chi connectivity index (χ1v) is 9.60. The van der Waals surface area contributed by atoms with Gasteiger partial charge in [-0.25, -0.2) is 14.5 Å². The van der Waals surface area contributed by atoms with Crippen LogP contribution in [-0.2, 0) is 6.54 Å². The molecule has 4 aromatic rings. The van der Waals surface area contributed by atoms with E-state index < -0.39 is 0 Å². The average molecular weight is 362 g/mol. The Balaban J connectivity index is 1.36. The number of nitrogens with zero attached hydrogens (tertiary/aromatic N) is 6. The zero-order valence-electron chi connectivity index (χ0n) is 14.2. The van der Waals surface area contributed by atoms with Crippen LogP contribution in [0.25, 0.3) is 16.8 Å². The van der Waals surface area contributed by atoms with Crippen molar-refractivity contribution in [1.82, 2.24) is 29.5 Å². The van der Waals surface area contributed by atoms with E-state index in [1.54, 1.807) is 17.5 Å². The van der Waals surface area contributed by atoms with Crippen molar-refractivity contribution in [2.45, 2.75) is 18.9 Å². The van der Waals surface area contributed by atoms with Gasteiger partial charge in [0, 0.05) is 53.8 Å². The lowest BCUT2D eigenvalue weighted by atomic mass is 10.1. The molecule has 1 fully saturated rings. The molecule has 4 aromatic heterocycles. The van der Waals surface area contributed by atoms with Crippen LogP contribution in [0.4, 0.5) is 0 Å². The molecule has 0 amide bonds. The lowest BCUT2D eigenvalue weighted by molar-refractivity contribution is 0.325. The summed E-state index contributed by atoms with van der Waals surface area (Å²) >= 11 is 1.72. The molecule has 5 heterocycles. The second-order valence-electron chi connectivity index (χ2n) is 6.58. The Kier molecular flexibility index (Phi) is 3.95. The highest BCUT2D eigenvalue weighted by Gasteiger charge is 2.27. The summed E-state index contributed by atoms with van der Waals surface area (Å²) in [4.78, 5) is 15.8. The van der Waals surface area contributed by atoms with Crippen molar-refractivity contribution in [2.75, 3.05) is 13.1 Å². The number of likely N-dealkylation sites (tertiary alicyclic amines) is 1. The van der Waals surface area contributed by atoms with E-state index in [2.05, 4.69) is 27.0 Å². The predicted molar refractivity (Wildman–Crippen MR) is 101 cm³/mol. The summed E-state index contributed by atoms with van der Waals surface area (Å²) in [5.74, 6) is 1.33. The van der Waals surface area contributed by atoms with E-state index in [0.717, 1.165) is 48.7 Å². The molecule has 0 aromatic carbocycles. The third kappa shape index (κ3) is 3.00. The SMILES string of the molecule is c1cncc(-c2ccc3nc([C@@H]4CCN(Cc5nccs5)C4)nn3c2)c1. The Bertz CT molecular complexity index is 1010. The first-order chi connectivity index (χ1) is 12.8. The van der Waals surface area contributed by atoms with Gasteiger partial charge in [-0.2, -0.15) is 5.10 Å². The molecule has 7 heteroatoms. The first kappa shape index (κ1) is 15.6. The molecule has 0 bridgehead atoms. The molecule has 0 saturated carbocycles. The minimum absolute atomic E-state index is 0.386. The summed E-state index contributed by atoms with van der Waals surface area (Å²) in [6.07, 6.45) is 8.65. The van der Waals surface area contributed by atoms with E-state index in [0.29, 0.717) is 5.92 Å². The van der Waals surface area contributed by atoms with Gasteiger partial charge in [-0.1, -0.05) is 6.07 Å². The largest absolute Gasteiger partial charge is 0.296 e. The predicted octanol–water partition coefficient (Wildman–Crippen LogP) is 3.24. The van der Waals surface area contributed by atoms with E-state index in [4.69, 9.17) is 10.1 Å². The summed E-state index contributed by atoms with van der Waals surface area (Å²) in [7, 11) is 0. The number of hydrogen-bond donors (Lipinski definition) is 0.